The number of rotatable bonds is 4. The molecule has 0 radical (unpaired) electrons. The predicted octanol–water partition coefficient (Wildman–Crippen LogP) is 4.02. The van der Waals surface area contributed by atoms with E-state index in [0.29, 0.717) is 5.41 Å². The maximum absolute atomic E-state index is 4.48. The van der Waals surface area contributed by atoms with E-state index in [1.165, 1.54) is 63.1 Å². The molecule has 4 rings (SSSR count). The van der Waals surface area contributed by atoms with Crippen LogP contribution in [0.1, 0.15) is 36.9 Å². The maximum atomic E-state index is 4.48. The van der Waals surface area contributed by atoms with Gasteiger partial charge in [0.05, 0.1) is 11.2 Å². The zero-order valence-electron chi connectivity index (χ0n) is 14.4. The summed E-state index contributed by atoms with van der Waals surface area (Å²) in [5, 5.41) is 2.20. The number of aromatic nitrogens is 1. The van der Waals surface area contributed by atoms with Crippen LogP contribution >= 0.6 is 11.3 Å². The first kappa shape index (κ1) is 16.2. The Bertz CT molecular complexity index is 624. The molecule has 4 heteroatoms. The number of thiazole rings is 1. The maximum Gasteiger partial charge on any atom is 0.0795 e. The van der Waals surface area contributed by atoms with Crippen molar-refractivity contribution in [3.63, 3.8) is 0 Å². The second kappa shape index (κ2) is 7.34. The van der Waals surface area contributed by atoms with Crippen LogP contribution in [0, 0.1) is 5.41 Å². The Balaban J connectivity index is 1.40. The van der Waals surface area contributed by atoms with Gasteiger partial charge >= 0.3 is 0 Å². The third-order valence-electron chi connectivity index (χ3n) is 5.60. The molecule has 1 atom stereocenters. The van der Waals surface area contributed by atoms with Gasteiger partial charge in [-0.2, -0.15) is 0 Å². The van der Waals surface area contributed by atoms with Gasteiger partial charge in [-0.1, -0.05) is 30.3 Å². The fourth-order valence-electron chi connectivity index (χ4n) is 4.61. The Kier molecular flexibility index (Phi) is 4.97. The highest BCUT2D eigenvalue weighted by Gasteiger charge is 2.39. The fourth-order valence-corrected chi connectivity index (χ4v) is 5.16. The molecule has 2 aromatic rings. The molecule has 2 saturated heterocycles. The number of nitrogens with zero attached hydrogens (tertiary/aromatic N) is 3. The summed E-state index contributed by atoms with van der Waals surface area (Å²) < 4.78 is 0. The van der Waals surface area contributed by atoms with Crippen molar-refractivity contribution in [1.82, 2.24) is 14.8 Å². The van der Waals surface area contributed by atoms with Crippen molar-refractivity contribution in [2.75, 3.05) is 26.2 Å². The fraction of sp³-hybridized carbons (Fsp3) is 0.550. The van der Waals surface area contributed by atoms with Crippen LogP contribution in [0.25, 0.3) is 0 Å². The van der Waals surface area contributed by atoms with Crippen LogP contribution in [0.3, 0.4) is 0 Å². The largest absolute Gasteiger partial charge is 0.298 e. The van der Waals surface area contributed by atoms with Gasteiger partial charge in [-0.05, 0) is 49.8 Å². The van der Waals surface area contributed by atoms with E-state index in [1.54, 1.807) is 11.3 Å². The zero-order chi connectivity index (χ0) is 16.2. The molecule has 1 aromatic heterocycles. The van der Waals surface area contributed by atoms with Gasteiger partial charge in [-0.3, -0.25) is 9.80 Å². The third kappa shape index (κ3) is 3.88. The lowest BCUT2D eigenvalue weighted by Gasteiger charge is -2.48. The van der Waals surface area contributed by atoms with Gasteiger partial charge in [0.25, 0.3) is 0 Å². The van der Waals surface area contributed by atoms with Crippen LogP contribution in [0.15, 0.2) is 41.2 Å². The monoisotopic (exact) mass is 341 g/mol. The van der Waals surface area contributed by atoms with Crippen LogP contribution in [0.5, 0.6) is 0 Å². The van der Waals surface area contributed by atoms with Gasteiger partial charge in [0.1, 0.15) is 0 Å². The molecule has 0 bridgehead atoms. The molecular weight excluding hydrogens is 314 g/mol. The van der Waals surface area contributed by atoms with Gasteiger partial charge in [-0.25, -0.2) is 4.98 Å². The van der Waals surface area contributed by atoms with Crippen molar-refractivity contribution in [1.29, 1.82) is 0 Å². The molecule has 3 heterocycles. The standard InChI is InChI=1S/C20H27N3S/c1-2-6-18(7-3-1)12-22-10-4-8-20(15-22)9-5-11-23(16-20)13-19-14-24-17-21-19/h1-3,6-7,14,17H,4-5,8-13,15-16H2/t20-/m1/s1. The summed E-state index contributed by atoms with van der Waals surface area (Å²) in [6.07, 6.45) is 5.47. The zero-order valence-corrected chi connectivity index (χ0v) is 15.2. The molecule has 3 nitrogen and oxygen atoms in total. The molecule has 2 aliphatic heterocycles. The van der Waals surface area contributed by atoms with E-state index in [2.05, 4.69) is 50.5 Å². The smallest absolute Gasteiger partial charge is 0.0795 e. The molecular formula is C20H27N3S. The number of benzene rings is 1. The van der Waals surface area contributed by atoms with Crippen molar-refractivity contribution >= 4 is 11.3 Å². The normalized spacial score (nSPS) is 26.0. The molecule has 0 saturated carbocycles. The number of likely N-dealkylation sites (tertiary alicyclic amines) is 2. The summed E-state index contributed by atoms with van der Waals surface area (Å²) in [6, 6.07) is 10.9. The van der Waals surface area contributed by atoms with E-state index in [-0.39, 0.29) is 0 Å². The lowest BCUT2D eigenvalue weighted by molar-refractivity contribution is 0.00742. The van der Waals surface area contributed by atoms with Gasteiger partial charge in [0.2, 0.25) is 0 Å². The first-order valence-electron chi connectivity index (χ1n) is 9.17. The quantitative estimate of drug-likeness (QED) is 0.837. The van der Waals surface area contributed by atoms with Crippen molar-refractivity contribution in [2.45, 2.75) is 38.8 Å². The molecule has 24 heavy (non-hydrogen) atoms. The van der Waals surface area contributed by atoms with Gasteiger partial charge < -0.3 is 0 Å². The first-order valence-corrected chi connectivity index (χ1v) is 10.1. The van der Waals surface area contributed by atoms with Crippen LogP contribution in [-0.2, 0) is 13.1 Å². The summed E-state index contributed by atoms with van der Waals surface area (Å²) in [7, 11) is 0. The highest BCUT2D eigenvalue weighted by atomic mass is 32.1. The number of hydrogen-bond acceptors (Lipinski definition) is 4. The first-order chi connectivity index (χ1) is 11.8. The summed E-state index contributed by atoms with van der Waals surface area (Å²) >= 11 is 1.71. The van der Waals surface area contributed by atoms with Crippen molar-refractivity contribution in [3.05, 3.63) is 52.5 Å². The number of piperidine rings is 2. The summed E-state index contributed by atoms with van der Waals surface area (Å²) in [6.45, 7) is 7.13. The number of hydrogen-bond donors (Lipinski definition) is 0. The predicted molar refractivity (Wildman–Crippen MR) is 100 cm³/mol. The van der Waals surface area contributed by atoms with Crippen molar-refractivity contribution in [2.24, 2.45) is 5.41 Å². The van der Waals surface area contributed by atoms with E-state index in [4.69, 9.17) is 0 Å². The minimum atomic E-state index is 0.501. The molecule has 1 spiro atoms. The Labute approximate surface area is 149 Å². The average molecular weight is 342 g/mol. The van der Waals surface area contributed by atoms with Crippen LogP contribution < -0.4 is 0 Å². The van der Waals surface area contributed by atoms with Gasteiger partial charge in [-0.15, -0.1) is 11.3 Å². The van der Waals surface area contributed by atoms with E-state index in [0.717, 1.165) is 13.1 Å². The molecule has 0 unspecified atom stereocenters. The second-order valence-electron chi connectivity index (χ2n) is 7.59. The minimum absolute atomic E-state index is 0.501. The Hall–Kier alpha value is -1.23. The summed E-state index contributed by atoms with van der Waals surface area (Å²) in [5.74, 6) is 0. The minimum Gasteiger partial charge on any atom is -0.298 e. The highest BCUT2D eigenvalue weighted by molar-refractivity contribution is 7.07. The Morgan fingerprint density at radius 1 is 0.958 bits per heavy atom. The van der Waals surface area contributed by atoms with Crippen LogP contribution in [-0.4, -0.2) is 41.0 Å². The SMILES string of the molecule is c1ccc(CN2CCC[C@@]3(CCCN(Cc4cscn4)C3)C2)cc1. The second-order valence-corrected chi connectivity index (χ2v) is 8.31. The third-order valence-corrected chi connectivity index (χ3v) is 6.23. The van der Waals surface area contributed by atoms with Crippen molar-refractivity contribution in [3.8, 4) is 0 Å². The lowest BCUT2D eigenvalue weighted by atomic mass is 9.73. The van der Waals surface area contributed by atoms with Gasteiger partial charge in [0.15, 0.2) is 0 Å². The highest BCUT2D eigenvalue weighted by Crippen LogP contribution is 2.39. The molecule has 1 aromatic carbocycles. The molecule has 0 amide bonds. The van der Waals surface area contributed by atoms with Crippen LogP contribution in [0.2, 0.25) is 0 Å². The Morgan fingerprint density at radius 3 is 2.33 bits per heavy atom. The molecule has 2 aliphatic rings. The van der Waals surface area contributed by atoms with Gasteiger partial charge in [0, 0.05) is 31.6 Å². The summed E-state index contributed by atoms with van der Waals surface area (Å²) in [4.78, 5) is 9.81. The molecule has 0 aliphatic carbocycles. The van der Waals surface area contributed by atoms with E-state index in [9.17, 15) is 0 Å². The van der Waals surface area contributed by atoms with E-state index in [1.807, 2.05) is 5.51 Å². The Morgan fingerprint density at radius 2 is 1.67 bits per heavy atom. The average Bonchev–Trinajstić information content (AvgIpc) is 3.09. The molecule has 128 valence electrons. The molecule has 0 N–H and O–H groups in total. The summed E-state index contributed by atoms with van der Waals surface area (Å²) in [5.41, 5.74) is 5.15. The van der Waals surface area contributed by atoms with Crippen LogP contribution in [0.4, 0.5) is 0 Å². The van der Waals surface area contributed by atoms with E-state index < -0.39 is 0 Å². The lowest BCUT2D eigenvalue weighted by Crippen LogP contribution is -2.51. The topological polar surface area (TPSA) is 19.4 Å². The van der Waals surface area contributed by atoms with E-state index >= 15 is 0 Å². The molecule has 2 fully saturated rings. The van der Waals surface area contributed by atoms with Crippen molar-refractivity contribution < 1.29 is 0 Å².